The molecule has 1 aromatic heterocycles. The van der Waals surface area contributed by atoms with Crippen LogP contribution < -0.4 is 14.7 Å². The van der Waals surface area contributed by atoms with Crippen LogP contribution in [0.4, 0.5) is 0 Å². The van der Waals surface area contributed by atoms with Crippen LogP contribution in [0.25, 0.3) is 17.1 Å². The van der Waals surface area contributed by atoms with E-state index in [1.807, 2.05) is 28.8 Å². The fraction of sp³-hybridized carbons (Fsp3) is 0.214. The van der Waals surface area contributed by atoms with E-state index in [4.69, 9.17) is 4.74 Å². The van der Waals surface area contributed by atoms with Crippen LogP contribution in [0, 0.1) is 0 Å². The number of thioether (sulfide) groups is 1. The molecule has 0 radical (unpaired) electrons. The smallest absolute Gasteiger partial charge is 0.342 e. The van der Waals surface area contributed by atoms with E-state index in [2.05, 4.69) is 65.8 Å². The first-order valence-electron chi connectivity index (χ1n) is 11.7. The summed E-state index contributed by atoms with van der Waals surface area (Å²) in [5.41, 5.74) is 6.15. The molecule has 0 aliphatic rings. The van der Waals surface area contributed by atoms with Crippen molar-refractivity contribution >= 4 is 23.9 Å². The standard InChI is InChI=1S/C28H29N5O3S/c1-28(2,3)21-11-9-19(10-12-21)26-31-32-27(33(26)22-13-15-23(36-4)16-14-22)37-18-25(35)30-29-17-20-7-5-6-8-24(20)34/h5-17H,18H2,1-4H3,(H2,29,30,34,35)/p+1. The van der Waals surface area contributed by atoms with Gasteiger partial charge in [0.1, 0.15) is 17.2 Å². The van der Waals surface area contributed by atoms with E-state index >= 15 is 0 Å². The number of phenolic OH excluding ortho intramolecular Hbond substituents is 1. The molecule has 0 aliphatic carbocycles. The molecule has 0 saturated carbocycles. The number of carbonyl (C=O) groups excluding carboxylic acids is 1. The van der Waals surface area contributed by atoms with E-state index < -0.39 is 0 Å². The number of hydrogen-bond acceptors (Lipinski definition) is 6. The SMILES string of the molecule is COc1ccc(-[n+]2c(SCC(=O)N/N=C/c3ccccc3O)n[nH]c2-c2ccc(C(C)(C)C)cc2)cc1. The lowest BCUT2D eigenvalue weighted by Gasteiger charge is -2.18. The van der Waals surface area contributed by atoms with E-state index in [0.717, 1.165) is 22.8 Å². The molecule has 0 unspecified atom stereocenters. The van der Waals surface area contributed by atoms with Gasteiger partial charge in [0.2, 0.25) is 0 Å². The van der Waals surface area contributed by atoms with Crippen molar-refractivity contribution < 1.29 is 19.2 Å². The van der Waals surface area contributed by atoms with Crippen molar-refractivity contribution in [1.29, 1.82) is 0 Å². The number of carbonyl (C=O) groups is 1. The van der Waals surface area contributed by atoms with Crippen LogP contribution in [0.1, 0.15) is 31.9 Å². The molecule has 0 spiro atoms. The van der Waals surface area contributed by atoms with Crippen molar-refractivity contribution in [2.75, 3.05) is 12.9 Å². The lowest BCUT2D eigenvalue weighted by atomic mass is 9.87. The Balaban J connectivity index is 1.56. The molecule has 3 aromatic carbocycles. The Kier molecular flexibility index (Phi) is 7.93. The number of nitrogens with one attached hydrogen (secondary N) is 2. The maximum atomic E-state index is 12.5. The van der Waals surface area contributed by atoms with Crippen LogP contribution in [0.5, 0.6) is 11.5 Å². The number of phenols is 1. The summed E-state index contributed by atoms with van der Waals surface area (Å²) >= 11 is 1.29. The summed E-state index contributed by atoms with van der Waals surface area (Å²) in [4.78, 5) is 12.5. The second-order valence-corrected chi connectivity index (χ2v) is 10.3. The highest BCUT2D eigenvalue weighted by atomic mass is 32.2. The summed E-state index contributed by atoms with van der Waals surface area (Å²) in [6.45, 7) is 6.55. The second kappa shape index (κ2) is 11.3. The molecule has 1 amide bonds. The van der Waals surface area contributed by atoms with Gasteiger partial charge in [-0.1, -0.05) is 45.0 Å². The number of nitrogens with zero attached hydrogens (tertiary/aromatic N) is 3. The number of H-pyrrole nitrogens is 1. The Hall–Kier alpha value is -4.11. The van der Waals surface area contributed by atoms with E-state index in [1.54, 1.807) is 31.4 Å². The monoisotopic (exact) mass is 516 g/mol. The highest BCUT2D eigenvalue weighted by Crippen LogP contribution is 2.26. The molecule has 3 N–H and O–H groups in total. The van der Waals surface area contributed by atoms with Crippen molar-refractivity contribution in [3.05, 3.63) is 83.9 Å². The Morgan fingerprint density at radius 1 is 1.11 bits per heavy atom. The Morgan fingerprint density at radius 3 is 2.46 bits per heavy atom. The van der Waals surface area contributed by atoms with Gasteiger partial charge in [0, 0.05) is 5.56 Å². The average molecular weight is 517 g/mol. The third-order valence-electron chi connectivity index (χ3n) is 5.69. The predicted octanol–water partition coefficient (Wildman–Crippen LogP) is 4.61. The van der Waals surface area contributed by atoms with Crippen molar-refractivity contribution in [2.24, 2.45) is 5.10 Å². The molecular formula is C28H30N5O3S+. The van der Waals surface area contributed by atoms with Gasteiger partial charge in [-0.3, -0.25) is 4.79 Å². The van der Waals surface area contributed by atoms with E-state index in [9.17, 15) is 9.90 Å². The molecule has 0 aliphatic heterocycles. The Labute approximate surface area is 220 Å². The van der Waals surface area contributed by atoms with Crippen LogP contribution in [0.2, 0.25) is 0 Å². The first-order chi connectivity index (χ1) is 17.8. The molecule has 190 valence electrons. The number of hydrogen-bond donors (Lipinski definition) is 3. The topological polar surface area (TPSA) is 103 Å². The molecular weight excluding hydrogens is 486 g/mol. The molecule has 8 nitrogen and oxygen atoms in total. The van der Waals surface area contributed by atoms with Crippen molar-refractivity contribution in [2.45, 2.75) is 31.3 Å². The van der Waals surface area contributed by atoms with Gasteiger partial charge in [-0.15, -0.1) is 5.10 Å². The average Bonchev–Trinajstić information content (AvgIpc) is 3.32. The van der Waals surface area contributed by atoms with Gasteiger partial charge >= 0.3 is 5.16 Å². The fourth-order valence-corrected chi connectivity index (χ4v) is 4.38. The lowest BCUT2D eigenvalue weighted by Crippen LogP contribution is -2.34. The lowest BCUT2D eigenvalue weighted by molar-refractivity contribution is -0.625. The zero-order chi connectivity index (χ0) is 26.4. The molecule has 0 fully saturated rings. The van der Waals surface area contributed by atoms with Crippen LogP contribution >= 0.6 is 11.8 Å². The number of aromatic hydroxyl groups is 1. The molecule has 0 bridgehead atoms. The zero-order valence-corrected chi connectivity index (χ0v) is 22.0. The first kappa shape index (κ1) is 26.0. The third-order valence-corrected chi connectivity index (χ3v) is 6.63. The number of rotatable bonds is 8. The Morgan fingerprint density at radius 2 is 1.81 bits per heavy atom. The van der Waals surface area contributed by atoms with Crippen LogP contribution in [-0.2, 0) is 10.2 Å². The number of benzene rings is 3. The normalized spacial score (nSPS) is 11.6. The van der Waals surface area contributed by atoms with Crippen molar-refractivity contribution in [1.82, 2.24) is 15.6 Å². The van der Waals surface area contributed by atoms with Gasteiger partial charge in [0.05, 0.1) is 29.7 Å². The van der Waals surface area contributed by atoms with Crippen LogP contribution in [0.3, 0.4) is 0 Å². The largest absolute Gasteiger partial charge is 0.507 e. The van der Waals surface area contributed by atoms with Gasteiger partial charge in [-0.2, -0.15) is 9.67 Å². The molecule has 37 heavy (non-hydrogen) atoms. The molecule has 0 atom stereocenters. The van der Waals surface area contributed by atoms with Crippen LogP contribution in [0.15, 0.2) is 83.1 Å². The number of ether oxygens (including phenoxy) is 1. The van der Waals surface area contributed by atoms with E-state index in [1.165, 1.54) is 23.5 Å². The van der Waals surface area contributed by atoms with Crippen molar-refractivity contribution in [3.8, 4) is 28.6 Å². The fourth-order valence-electron chi connectivity index (χ4n) is 3.62. The number of para-hydroxylation sites is 1. The summed E-state index contributed by atoms with van der Waals surface area (Å²) in [6, 6.07) is 22.8. The molecule has 1 heterocycles. The number of hydrazone groups is 1. The zero-order valence-electron chi connectivity index (χ0n) is 21.2. The van der Waals surface area contributed by atoms with Gasteiger partial charge < -0.3 is 9.84 Å². The quantitative estimate of drug-likeness (QED) is 0.137. The maximum absolute atomic E-state index is 12.5. The number of aromatic nitrogens is 3. The third kappa shape index (κ3) is 6.37. The second-order valence-electron chi connectivity index (χ2n) is 9.36. The van der Waals surface area contributed by atoms with Crippen molar-refractivity contribution in [3.63, 3.8) is 0 Å². The predicted molar refractivity (Wildman–Crippen MR) is 145 cm³/mol. The van der Waals surface area contributed by atoms with Gasteiger partial charge in [-0.05, 0) is 71.3 Å². The van der Waals surface area contributed by atoms with Gasteiger partial charge in [0.15, 0.2) is 0 Å². The minimum absolute atomic E-state index is 0.0502. The first-order valence-corrected chi connectivity index (χ1v) is 12.7. The Bertz CT molecular complexity index is 1390. The highest BCUT2D eigenvalue weighted by Gasteiger charge is 2.25. The number of methoxy groups -OCH3 is 1. The summed E-state index contributed by atoms with van der Waals surface area (Å²) in [5, 5.41) is 22.0. The summed E-state index contributed by atoms with van der Waals surface area (Å²) in [6.07, 6.45) is 1.41. The minimum Gasteiger partial charge on any atom is -0.507 e. The van der Waals surface area contributed by atoms with Gasteiger partial charge in [-0.25, -0.2) is 5.43 Å². The maximum Gasteiger partial charge on any atom is 0.342 e. The minimum atomic E-state index is -0.294. The number of aromatic amines is 1. The summed E-state index contributed by atoms with van der Waals surface area (Å²) in [7, 11) is 1.63. The molecule has 4 rings (SSSR count). The molecule has 4 aromatic rings. The van der Waals surface area contributed by atoms with Crippen LogP contribution in [-0.4, -0.2) is 40.3 Å². The van der Waals surface area contributed by atoms with E-state index in [0.29, 0.717) is 10.7 Å². The highest BCUT2D eigenvalue weighted by molar-refractivity contribution is 7.99. The number of amides is 1. The summed E-state index contributed by atoms with van der Waals surface area (Å²) < 4.78 is 7.29. The van der Waals surface area contributed by atoms with E-state index in [-0.39, 0.29) is 22.8 Å². The summed E-state index contributed by atoms with van der Waals surface area (Å²) in [5.74, 6) is 1.44. The molecule has 0 saturated heterocycles. The molecule has 9 heteroatoms. The van der Waals surface area contributed by atoms with Gasteiger partial charge in [0.25, 0.3) is 11.7 Å².